The number of nitrogens with zero attached hydrogens (tertiary/aromatic N) is 3. The smallest absolute Gasteiger partial charge is 0.272 e. The predicted molar refractivity (Wildman–Crippen MR) is 98.6 cm³/mol. The lowest BCUT2D eigenvalue weighted by Crippen LogP contribution is -2.40. The third kappa shape index (κ3) is 3.66. The second-order valence-corrected chi connectivity index (χ2v) is 7.70. The summed E-state index contributed by atoms with van der Waals surface area (Å²) in [4.78, 5) is 16.1. The molecule has 2 aromatic rings. The number of piperidine rings is 1. The molecule has 1 saturated heterocycles. The van der Waals surface area contributed by atoms with Crippen LogP contribution in [0.4, 0.5) is 0 Å². The Morgan fingerprint density at radius 2 is 1.96 bits per heavy atom. The van der Waals surface area contributed by atoms with Crippen LogP contribution in [0.2, 0.25) is 0 Å². The van der Waals surface area contributed by atoms with Gasteiger partial charge in [0.25, 0.3) is 5.91 Å². The zero-order valence-corrected chi connectivity index (χ0v) is 15.5. The van der Waals surface area contributed by atoms with Crippen molar-refractivity contribution in [2.75, 3.05) is 13.1 Å². The lowest BCUT2D eigenvalue weighted by molar-refractivity contribution is 0.0715. The lowest BCUT2D eigenvalue weighted by atomic mass is 10.1. The molecule has 5 heteroatoms. The van der Waals surface area contributed by atoms with Crippen molar-refractivity contribution in [1.82, 2.24) is 14.7 Å². The summed E-state index contributed by atoms with van der Waals surface area (Å²) in [5.41, 5.74) is 2.97. The molecule has 1 aliphatic rings. The van der Waals surface area contributed by atoms with Crippen molar-refractivity contribution in [1.29, 1.82) is 0 Å². The largest absolute Gasteiger partial charge is 0.337 e. The third-order valence-electron chi connectivity index (χ3n) is 4.54. The van der Waals surface area contributed by atoms with E-state index in [1.807, 2.05) is 41.3 Å². The number of aromatic nitrogens is 2. The summed E-state index contributed by atoms with van der Waals surface area (Å²) in [5.74, 6) is 0.122. The number of benzene rings is 1. The number of hydrogen-bond donors (Lipinski definition) is 0. The fourth-order valence-electron chi connectivity index (χ4n) is 3.17. The highest BCUT2D eigenvalue weighted by Gasteiger charge is 2.26. The van der Waals surface area contributed by atoms with E-state index in [1.54, 1.807) is 0 Å². The lowest BCUT2D eigenvalue weighted by Gasteiger charge is -2.32. The van der Waals surface area contributed by atoms with Crippen molar-refractivity contribution in [3.8, 4) is 0 Å². The van der Waals surface area contributed by atoms with Gasteiger partial charge in [0.15, 0.2) is 0 Å². The first-order chi connectivity index (χ1) is 11.6. The van der Waals surface area contributed by atoms with E-state index in [1.165, 1.54) is 10.5 Å². The van der Waals surface area contributed by atoms with Crippen molar-refractivity contribution >= 4 is 17.7 Å². The van der Waals surface area contributed by atoms with Gasteiger partial charge in [-0.3, -0.25) is 9.48 Å². The molecule has 1 amide bonds. The van der Waals surface area contributed by atoms with E-state index < -0.39 is 0 Å². The predicted octanol–water partition coefficient (Wildman–Crippen LogP) is 3.92. The first-order valence-electron chi connectivity index (χ1n) is 8.64. The summed E-state index contributed by atoms with van der Waals surface area (Å²) in [6.07, 6.45) is 2.09. The SMILES string of the molecule is CCn1nc(C)cc1C(=O)N1CCC(Sc2ccccc2C)CC1. The van der Waals surface area contributed by atoms with Gasteiger partial charge < -0.3 is 4.90 Å². The topological polar surface area (TPSA) is 38.1 Å². The summed E-state index contributed by atoms with van der Waals surface area (Å²) < 4.78 is 1.81. The number of carbonyl (C=O) groups is 1. The fourth-order valence-corrected chi connectivity index (χ4v) is 4.38. The van der Waals surface area contributed by atoms with Gasteiger partial charge in [0.05, 0.1) is 5.69 Å². The standard InChI is InChI=1S/C19H25N3OS/c1-4-22-17(13-15(3)20-22)19(23)21-11-9-16(10-12-21)24-18-8-6-5-7-14(18)2/h5-8,13,16H,4,9-12H2,1-3H3. The van der Waals surface area contributed by atoms with Gasteiger partial charge >= 0.3 is 0 Å². The molecule has 128 valence electrons. The molecule has 0 spiro atoms. The first kappa shape index (κ1) is 17.1. The van der Waals surface area contributed by atoms with Crippen LogP contribution >= 0.6 is 11.8 Å². The minimum absolute atomic E-state index is 0.122. The van der Waals surface area contributed by atoms with Crippen LogP contribution in [0.5, 0.6) is 0 Å². The van der Waals surface area contributed by atoms with Gasteiger partial charge in [-0.15, -0.1) is 11.8 Å². The molecule has 1 fully saturated rings. The van der Waals surface area contributed by atoms with Gasteiger partial charge in [-0.05, 0) is 51.3 Å². The number of amides is 1. The molecule has 1 aromatic heterocycles. The van der Waals surface area contributed by atoms with Crippen LogP contribution in [0.1, 0.15) is 41.5 Å². The van der Waals surface area contributed by atoms with Gasteiger partial charge in [0, 0.05) is 29.8 Å². The zero-order valence-electron chi connectivity index (χ0n) is 14.7. The molecular weight excluding hydrogens is 318 g/mol. The van der Waals surface area contributed by atoms with Crippen molar-refractivity contribution < 1.29 is 4.79 Å². The Kier molecular flexibility index (Phi) is 5.29. The number of likely N-dealkylation sites (tertiary alicyclic amines) is 1. The molecule has 1 aromatic carbocycles. The summed E-state index contributed by atoms with van der Waals surface area (Å²) >= 11 is 1.96. The van der Waals surface area contributed by atoms with Crippen LogP contribution in [-0.2, 0) is 6.54 Å². The van der Waals surface area contributed by atoms with Crippen LogP contribution in [0, 0.1) is 13.8 Å². The molecule has 0 aliphatic carbocycles. The van der Waals surface area contributed by atoms with Crippen LogP contribution in [0.15, 0.2) is 35.2 Å². The van der Waals surface area contributed by atoms with Crippen molar-refractivity contribution in [2.24, 2.45) is 0 Å². The summed E-state index contributed by atoms with van der Waals surface area (Å²) in [6.45, 7) is 8.51. The second kappa shape index (κ2) is 7.43. The Hall–Kier alpha value is -1.75. The Labute approximate surface area is 148 Å². The molecule has 1 aliphatic heterocycles. The monoisotopic (exact) mass is 343 g/mol. The molecule has 3 rings (SSSR count). The molecule has 24 heavy (non-hydrogen) atoms. The molecule has 4 nitrogen and oxygen atoms in total. The van der Waals surface area contributed by atoms with Crippen molar-refractivity contribution in [2.45, 2.75) is 50.3 Å². The maximum Gasteiger partial charge on any atom is 0.272 e. The Balaban J connectivity index is 1.60. The maximum absolute atomic E-state index is 12.8. The quantitative estimate of drug-likeness (QED) is 0.844. The number of aryl methyl sites for hydroxylation is 3. The van der Waals surface area contributed by atoms with E-state index in [9.17, 15) is 4.79 Å². The fraction of sp³-hybridized carbons (Fsp3) is 0.474. The van der Waals surface area contributed by atoms with Crippen LogP contribution in [0.3, 0.4) is 0 Å². The molecule has 0 saturated carbocycles. The number of rotatable bonds is 4. The third-order valence-corrected chi connectivity index (χ3v) is 6.05. The van der Waals surface area contributed by atoms with Gasteiger partial charge in [-0.2, -0.15) is 5.10 Å². The van der Waals surface area contributed by atoms with E-state index in [0.717, 1.165) is 43.9 Å². The highest BCUT2D eigenvalue weighted by Crippen LogP contribution is 2.32. The highest BCUT2D eigenvalue weighted by molar-refractivity contribution is 8.00. The zero-order chi connectivity index (χ0) is 17.1. The first-order valence-corrected chi connectivity index (χ1v) is 9.52. The average Bonchev–Trinajstić information content (AvgIpc) is 2.98. The van der Waals surface area contributed by atoms with Gasteiger partial charge in [0.1, 0.15) is 5.69 Å². The van der Waals surface area contributed by atoms with Crippen molar-refractivity contribution in [3.63, 3.8) is 0 Å². The van der Waals surface area contributed by atoms with E-state index in [4.69, 9.17) is 0 Å². The molecule has 0 N–H and O–H groups in total. The Bertz CT molecular complexity index is 717. The van der Waals surface area contributed by atoms with Crippen LogP contribution < -0.4 is 0 Å². The molecule has 0 bridgehead atoms. The average molecular weight is 343 g/mol. The van der Waals surface area contributed by atoms with E-state index >= 15 is 0 Å². The minimum Gasteiger partial charge on any atom is -0.337 e. The molecule has 0 unspecified atom stereocenters. The summed E-state index contributed by atoms with van der Waals surface area (Å²) in [5, 5.41) is 4.98. The summed E-state index contributed by atoms with van der Waals surface area (Å²) in [6, 6.07) is 10.4. The molecule has 2 heterocycles. The van der Waals surface area contributed by atoms with Gasteiger partial charge in [-0.1, -0.05) is 18.2 Å². The number of hydrogen-bond acceptors (Lipinski definition) is 3. The van der Waals surface area contributed by atoms with Gasteiger partial charge in [0.2, 0.25) is 0 Å². The Morgan fingerprint density at radius 3 is 2.62 bits per heavy atom. The molecular formula is C19H25N3OS. The normalized spacial score (nSPS) is 15.7. The number of carbonyl (C=O) groups excluding carboxylic acids is 1. The van der Waals surface area contributed by atoms with E-state index in [2.05, 4.69) is 36.3 Å². The van der Waals surface area contributed by atoms with E-state index in [0.29, 0.717) is 5.25 Å². The minimum atomic E-state index is 0.122. The van der Waals surface area contributed by atoms with Crippen LogP contribution in [0.25, 0.3) is 0 Å². The highest BCUT2D eigenvalue weighted by atomic mass is 32.2. The van der Waals surface area contributed by atoms with E-state index in [-0.39, 0.29) is 5.91 Å². The molecule has 0 atom stereocenters. The maximum atomic E-state index is 12.8. The molecule has 0 radical (unpaired) electrons. The van der Waals surface area contributed by atoms with Gasteiger partial charge in [-0.25, -0.2) is 0 Å². The Morgan fingerprint density at radius 1 is 1.25 bits per heavy atom. The summed E-state index contributed by atoms with van der Waals surface area (Å²) in [7, 11) is 0. The second-order valence-electron chi connectivity index (χ2n) is 6.36. The van der Waals surface area contributed by atoms with Crippen LogP contribution in [-0.4, -0.2) is 38.9 Å². The number of thioether (sulfide) groups is 1. The van der Waals surface area contributed by atoms with Crippen molar-refractivity contribution in [3.05, 3.63) is 47.3 Å².